The molecule has 3 aromatic carbocycles. The third-order valence-electron chi connectivity index (χ3n) is 4.68. The molecule has 0 bridgehead atoms. The van der Waals surface area contributed by atoms with E-state index in [4.69, 9.17) is 0 Å². The Kier molecular flexibility index (Phi) is 6.13. The first-order valence-electron chi connectivity index (χ1n) is 9.68. The van der Waals surface area contributed by atoms with Crippen LogP contribution in [0.1, 0.15) is 10.6 Å². The van der Waals surface area contributed by atoms with Crippen molar-refractivity contribution in [3.8, 4) is 0 Å². The number of hydrogen-bond donors (Lipinski definition) is 1. The summed E-state index contributed by atoms with van der Waals surface area (Å²) in [4.78, 5) is 17.2. The molecule has 0 unspecified atom stereocenters. The number of nitrogens with one attached hydrogen (secondary N) is 1. The zero-order chi connectivity index (χ0) is 21.8. The van der Waals surface area contributed by atoms with Crippen molar-refractivity contribution < 1.29 is 13.2 Å². The van der Waals surface area contributed by atoms with Crippen molar-refractivity contribution in [2.45, 2.75) is 18.4 Å². The van der Waals surface area contributed by atoms with Crippen LogP contribution in [-0.2, 0) is 21.4 Å². The fourth-order valence-corrected chi connectivity index (χ4v) is 5.58. The summed E-state index contributed by atoms with van der Waals surface area (Å²) in [6, 6.07) is 23.1. The lowest BCUT2D eigenvalue weighted by atomic mass is 10.2. The summed E-state index contributed by atoms with van der Waals surface area (Å²) >= 11 is 1.44. The summed E-state index contributed by atoms with van der Waals surface area (Å²) in [5, 5.41) is 3.63. The van der Waals surface area contributed by atoms with Gasteiger partial charge >= 0.3 is 0 Å². The van der Waals surface area contributed by atoms with Crippen molar-refractivity contribution in [2.24, 2.45) is 0 Å². The SMILES string of the molecule is Cc1nc2ccc(S(=O)(=O)N(CC(=O)Nc3ccccc3)Cc3ccccc3)cc2s1. The first-order chi connectivity index (χ1) is 14.9. The Balaban J connectivity index is 1.65. The lowest BCUT2D eigenvalue weighted by Crippen LogP contribution is -2.37. The molecule has 0 fully saturated rings. The first kappa shape index (κ1) is 21.2. The molecular formula is C23H21N3O3S2. The number of sulfonamides is 1. The van der Waals surface area contributed by atoms with Crippen molar-refractivity contribution in [1.82, 2.24) is 9.29 Å². The summed E-state index contributed by atoms with van der Waals surface area (Å²) in [6.07, 6.45) is 0. The zero-order valence-electron chi connectivity index (χ0n) is 16.9. The second kappa shape index (κ2) is 8.97. The molecule has 0 saturated heterocycles. The van der Waals surface area contributed by atoms with Gasteiger partial charge in [-0.25, -0.2) is 13.4 Å². The van der Waals surface area contributed by atoms with Crippen LogP contribution in [-0.4, -0.2) is 30.2 Å². The van der Waals surface area contributed by atoms with Crippen molar-refractivity contribution in [2.75, 3.05) is 11.9 Å². The van der Waals surface area contributed by atoms with Gasteiger partial charge in [-0.05, 0) is 42.8 Å². The number of hydrogen-bond acceptors (Lipinski definition) is 5. The minimum absolute atomic E-state index is 0.0884. The highest BCUT2D eigenvalue weighted by atomic mass is 32.2. The molecule has 8 heteroatoms. The summed E-state index contributed by atoms with van der Waals surface area (Å²) in [6.45, 7) is 1.67. The van der Waals surface area contributed by atoms with Crippen LogP contribution in [0.15, 0.2) is 83.8 Å². The molecule has 1 amide bonds. The van der Waals surface area contributed by atoms with Crippen LogP contribution >= 0.6 is 11.3 Å². The van der Waals surface area contributed by atoms with Crippen LogP contribution in [0, 0.1) is 6.92 Å². The molecule has 4 aromatic rings. The number of carbonyl (C=O) groups is 1. The molecule has 4 rings (SSSR count). The normalized spacial score (nSPS) is 11.7. The second-order valence-electron chi connectivity index (χ2n) is 7.04. The second-order valence-corrected chi connectivity index (χ2v) is 10.2. The third kappa shape index (κ3) is 4.99. The predicted octanol–water partition coefficient (Wildman–Crippen LogP) is 4.43. The average Bonchev–Trinajstić information content (AvgIpc) is 3.14. The third-order valence-corrected chi connectivity index (χ3v) is 7.41. The fraction of sp³-hybridized carbons (Fsp3) is 0.130. The molecule has 158 valence electrons. The van der Waals surface area contributed by atoms with E-state index >= 15 is 0 Å². The molecule has 0 radical (unpaired) electrons. The van der Waals surface area contributed by atoms with Crippen molar-refractivity contribution in [1.29, 1.82) is 0 Å². The van der Waals surface area contributed by atoms with E-state index in [-0.39, 0.29) is 18.0 Å². The molecule has 6 nitrogen and oxygen atoms in total. The van der Waals surface area contributed by atoms with Gasteiger partial charge in [-0.15, -0.1) is 11.3 Å². The van der Waals surface area contributed by atoms with E-state index in [0.29, 0.717) is 5.69 Å². The van der Waals surface area contributed by atoms with E-state index < -0.39 is 15.9 Å². The predicted molar refractivity (Wildman–Crippen MR) is 123 cm³/mol. The number of aryl methyl sites for hydroxylation is 1. The minimum atomic E-state index is -3.92. The van der Waals surface area contributed by atoms with Crippen LogP contribution in [0.4, 0.5) is 5.69 Å². The van der Waals surface area contributed by atoms with Crippen LogP contribution in [0.3, 0.4) is 0 Å². The van der Waals surface area contributed by atoms with E-state index in [1.165, 1.54) is 15.6 Å². The number of rotatable bonds is 7. The van der Waals surface area contributed by atoms with E-state index in [2.05, 4.69) is 10.3 Å². The van der Waals surface area contributed by atoms with E-state index in [0.717, 1.165) is 20.8 Å². The highest BCUT2D eigenvalue weighted by Crippen LogP contribution is 2.27. The number of thiazole rings is 1. The average molecular weight is 452 g/mol. The van der Waals surface area contributed by atoms with Crippen molar-refractivity contribution in [3.63, 3.8) is 0 Å². The molecule has 1 aromatic heterocycles. The Morgan fingerprint density at radius 2 is 1.68 bits per heavy atom. The Labute approximate surface area is 185 Å². The van der Waals surface area contributed by atoms with Gasteiger partial charge in [0, 0.05) is 12.2 Å². The Morgan fingerprint density at radius 3 is 2.39 bits per heavy atom. The van der Waals surface area contributed by atoms with Crippen molar-refractivity contribution in [3.05, 3.63) is 89.4 Å². The summed E-state index contributed by atoms with van der Waals surface area (Å²) in [7, 11) is -3.92. The lowest BCUT2D eigenvalue weighted by Gasteiger charge is -2.22. The van der Waals surface area contributed by atoms with E-state index in [9.17, 15) is 13.2 Å². The maximum absolute atomic E-state index is 13.5. The molecule has 0 aliphatic carbocycles. The highest BCUT2D eigenvalue weighted by molar-refractivity contribution is 7.89. The number of anilines is 1. The number of nitrogens with zero attached hydrogens (tertiary/aromatic N) is 2. The topological polar surface area (TPSA) is 79.4 Å². The highest BCUT2D eigenvalue weighted by Gasteiger charge is 2.27. The number of fused-ring (bicyclic) bond motifs is 1. The van der Waals surface area contributed by atoms with Crippen LogP contribution < -0.4 is 5.32 Å². The van der Waals surface area contributed by atoms with E-state index in [1.54, 1.807) is 42.5 Å². The number of para-hydroxylation sites is 1. The number of aromatic nitrogens is 1. The van der Waals surface area contributed by atoms with E-state index in [1.807, 2.05) is 43.3 Å². The van der Waals surface area contributed by atoms with Crippen LogP contribution in [0.25, 0.3) is 10.2 Å². The van der Waals surface area contributed by atoms with Gasteiger partial charge in [-0.3, -0.25) is 4.79 Å². The molecule has 31 heavy (non-hydrogen) atoms. The lowest BCUT2D eigenvalue weighted by molar-refractivity contribution is -0.116. The summed E-state index contributed by atoms with van der Waals surface area (Å²) in [5.41, 5.74) is 2.18. The molecule has 0 atom stereocenters. The number of carbonyl (C=O) groups excluding carboxylic acids is 1. The molecule has 0 aliphatic heterocycles. The van der Waals surface area contributed by atoms with Gasteiger partial charge in [0.2, 0.25) is 15.9 Å². The molecule has 0 aliphatic rings. The molecular weight excluding hydrogens is 430 g/mol. The Morgan fingerprint density at radius 1 is 1.00 bits per heavy atom. The fourth-order valence-electron chi connectivity index (χ4n) is 3.22. The smallest absolute Gasteiger partial charge is 0.243 e. The van der Waals surface area contributed by atoms with Gasteiger partial charge in [0.1, 0.15) is 0 Å². The molecule has 1 heterocycles. The maximum Gasteiger partial charge on any atom is 0.243 e. The molecule has 1 N–H and O–H groups in total. The maximum atomic E-state index is 13.5. The van der Waals surface area contributed by atoms with Gasteiger partial charge in [0.15, 0.2) is 0 Å². The van der Waals surface area contributed by atoms with Gasteiger partial charge in [-0.1, -0.05) is 48.5 Å². The summed E-state index contributed by atoms with van der Waals surface area (Å²) in [5.74, 6) is -0.402. The first-order valence-corrected chi connectivity index (χ1v) is 11.9. The summed E-state index contributed by atoms with van der Waals surface area (Å²) < 4.78 is 29.0. The Bertz CT molecular complexity index is 1300. The van der Waals surface area contributed by atoms with Crippen LogP contribution in [0.5, 0.6) is 0 Å². The minimum Gasteiger partial charge on any atom is -0.325 e. The van der Waals surface area contributed by atoms with Gasteiger partial charge < -0.3 is 5.32 Å². The monoisotopic (exact) mass is 451 g/mol. The van der Waals surface area contributed by atoms with Crippen molar-refractivity contribution >= 4 is 43.2 Å². The Hall–Kier alpha value is -3.07. The van der Waals surface area contributed by atoms with Gasteiger partial charge in [-0.2, -0.15) is 4.31 Å². The number of amides is 1. The molecule has 0 saturated carbocycles. The van der Waals surface area contributed by atoms with Crippen LogP contribution in [0.2, 0.25) is 0 Å². The standard InChI is InChI=1S/C23H21N3O3S2/c1-17-24-21-13-12-20(14-22(21)30-17)31(28,29)26(15-18-8-4-2-5-9-18)16-23(27)25-19-10-6-3-7-11-19/h2-14H,15-16H2,1H3,(H,25,27). The van der Waals surface area contributed by atoms with Gasteiger partial charge in [0.25, 0.3) is 0 Å². The largest absolute Gasteiger partial charge is 0.325 e. The zero-order valence-corrected chi connectivity index (χ0v) is 18.5. The quantitative estimate of drug-likeness (QED) is 0.451. The number of benzene rings is 3. The van der Waals surface area contributed by atoms with Gasteiger partial charge in [0.05, 0.1) is 26.7 Å². The molecule has 0 spiro atoms.